The van der Waals surface area contributed by atoms with Crippen molar-refractivity contribution in [3.8, 4) is 22.8 Å². The average molecular weight is 537 g/mol. The van der Waals surface area contributed by atoms with Crippen LogP contribution in [0.2, 0.25) is 0 Å². The number of nitrogens with zero attached hydrogens (tertiary/aromatic N) is 3. The molecule has 0 radical (unpaired) electrons. The molecule has 0 aliphatic rings. The Bertz CT molecular complexity index is 1320. The summed E-state index contributed by atoms with van der Waals surface area (Å²) in [6.07, 6.45) is 0. The lowest BCUT2D eigenvalue weighted by molar-refractivity contribution is -0.113. The number of rotatable bonds is 8. The van der Waals surface area contributed by atoms with Gasteiger partial charge in [0.25, 0.3) is 0 Å². The van der Waals surface area contributed by atoms with E-state index in [1.54, 1.807) is 31.4 Å². The van der Waals surface area contributed by atoms with Gasteiger partial charge in [0.2, 0.25) is 5.91 Å². The zero-order chi connectivity index (χ0) is 24.1. The van der Waals surface area contributed by atoms with E-state index in [2.05, 4.69) is 31.4 Å². The molecular formula is C25H21BrN4O3S. The summed E-state index contributed by atoms with van der Waals surface area (Å²) in [5, 5.41) is 12.2. The van der Waals surface area contributed by atoms with Gasteiger partial charge in [-0.2, -0.15) is 0 Å². The van der Waals surface area contributed by atoms with Crippen LogP contribution in [0.25, 0.3) is 17.1 Å². The number of amides is 1. The van der Waals surface area contributed by atoms with Crippen molar-refractivity contribution in [1.82, 2.24) is 14.8 Å². The molecular weight excluding hydrogens is 516 g/mol. The lowest BCUT2D eigenvalue weighted by Crippen LogP contribution is -2.14. The van der Waals surface area contributed by atoms with Crippen LogP contribution in [-0.4, -0.2) is 39.3 Å². The molecule has 0 fully saturated rings. The number of anilines is 1. The highest BCUT2D eigenvalue weighted by molar-refractivity contribution is 9.10. The van der Waals surface area contributed by atoms with E-state index in [1.165, 1.54) is 18.7 Å². The number of carbonyl (C=O) groups is 2. The van der Waals surface area contributed by atoms with Crippen LogP contribution in [0, 0.1) is 0 Å². The van der Waals surface area contributed by atoms with E-state index < -0.39 is 0 Å². The number of aromatic nitrogens is 3. The summed E-state index contributed by atoms with van der Waals surface area (Å²) in [7, 11) is 1.62. The van der Waals surface area contributed by atoms with Crippen molar-refractivity contribution in [2.75, 3.05) is 18.2 Å². The summed E-state index contributed by atoms with van der Waals surface area (Å²) in [6.45, 7) is 1.51. The molecule has 0 unspecified atom stereocenters. The summed E-state index contributed by atoms with van der Waals surface area (Å²) in [5.41, 5.74) is 2.95. The molecule has 1 aromatic heterocycles. The molecule has 1 heterocycles. The number of nitrogens with one attached hydrogen (secondary N) is 1. The Morgan fingerprint density at radius 3 is 2.35 bits per heavy atom. The fraction of sp³-hybridized carbons (Fsp3) is 0.120. The van der Waals surface area contributed by atoms with Gasteiger partial charge in [0.1, 0.15) is 5.75 Å². The van der Waals surface area contributed by atoms with Crippen molar-refractivity contribution >= 4 is 45.1 Å². The first-order chi connectivity index (χ1) is 16.5. The number of hydrogen-bond donors (Lipinski definition) is 1. The Labute approximate surface area is 209 Å². The van der Waals surface area contributed by atoms with Crippen LogP contribution in [0.4, 0.5) is 5.69 Å². The molecule has 4 aromatic rings. The topological polar surface area (TPSA) is 86.1 Å². The van der Waals surface area contributed by atoms with Crippen molar-refractivity contribution in [3.05, 3.63) is 82.8 Å². The fourth-order valence-electron chi connectivity index (χ4n) is 3.26. The minimum Gasteiger partial charge on any atom is -0.497 e. The van der Waals surface area contributed by atoms with Gasteiger partial charge in [-0.05, 0) is 61.5 Å². The van der Waals surface area contributed by atoms with E-state index in [-0.39, 0.29) is 17.4 Å². The van der Waals surface area contributed by atoms with Gasteiger partial charge in [-0.3, -0.25) is 14.2 Å². The highest BCUT2D eigenvalue weighted by Gasteiger charge is 2.19. The van der Waals surface area contributed by atoms with Crippen LogP contribution in [0.5, 0.6) is 5.75 Å². The number of hydrogen-bond acceptors (Lipinski definition) is 6. The second-order valence-corrected chi connectivity index (χ2v) is 9.09. The second kappa shape index (κ2) is 10.7. The van der Waals surface area contributed by atoms with Crippen molar-refractivity contribution in [1.29, 1.82) is 0 Å². The van der Waals surface area contributed by atoms with Crippen LogP contribution in [-0.2, 0) is 4.79 Å². The maximum atomic E-state index is 12.6. The molecule has 34 heavy (non-hydrogen) atoms. The number of benzene rings is 3. The zero-order valence-corrected chi connectivity index (χ0v) is 20.9. The molecule has 0 saturated carbocycles. The number of methoxy groups -OCH3 is 1. The van der Waals surface area contributed by atoms with Crippen molar-refractivity contribution < 1.29 is 14.3 Å². The van der Waals surface area contributed by atoms with E-state index in [9.17, 15) is 9.59 Å². The van der Waals surface area contributed by atoms with Gasteiger partial charge in [-0.1, -0.05) is 45.9 Å². The molecule has 0 atom stereocenters. The Kier molecular flexibility index (Phi) is 7.44. The predicted molar refractivity (Wildman–Crippen MR) is 137 cm³/mol. The Hall–Kier alpha value is -3.43. The quantitative estimate of drug-likeness (QED) is 0.231. The Morgan fingerprint density at radius 2 is 1.71 bits per heavy atom. The maximum Gasteiger partial charge on any atom is 0.234 e. The largest absolute Gasteiger partial charge is 0.497 e. The maximum absolute atomic E-state index is 12.6. The molecule has 172 valence electrons. The van der Waals surface area contributed by atoms with Crippen molar-refractivity contribution in [2.45, 2.75) is 12.1 Å². The minimum atomic E-state index is -0.188. The number of halogens is 1. The van der Waals surface area contributed by atoms with Crippen molar-refractivity contribution in [2.24, 2.45) is 0 Å². The van der Waals surface area contributed by atoms with E-state index >= 15 is 0 Å². The third-order valence-electron chi connectivity index (χ3n) is 4.99. The van der Waals surface area contributed by atoms with Crippen LogP contribution < -0.4 is 10.1 Å². The first-order valence-corrected chi connectivity index (χ1v) is 12.1. The SMILES string of the molecule is COc1ccc(-n2c(SCC(=O)Nc3ccc(C(C)=O)cc3)nnc2-c2ccccc2Br)cc1. The van der Waals surface area contributed by atoms with Crippen LogP contribution in [0.1, 0.15) is 17.3 Å². The highest BCUT2D eigenvalue weighted by Crippen LogP contribution is 2.32. The summed E-state index contributed by atoms with van der Waals surface area (Å²) in [5.74, 6) is 1.32. The fourth-order valence-corrected chi connectivity index (χ4v) is 4.47. The van der Waals surface area contributed by atoms with Gasteiger partial charge in [0.05, 0.1) is 12.9 Å². The van der Waals surface area contributed by atoms with Gasteiger partial charge in [0.15, 0.2) is 16.8 Å². The molecule has 0 aliphatic carbocycles. The third-order valence-corrected chi connectivity index (χ3v) is 6.61. The Morgan fingerprint density at radius 1 is 1.00 bits per heavy atom. The lowest BCUT2D eigenvalue weighted by Gasteiger charge is -2.12. The summed E-state index contributed by atoms with van der Waals surface area (Å²) >= 11 is 4.88. The Balaban J connectivity index is 1.58. The van der Waals surface area contributed by atoms with Crippen molar-refractivity contribution in [3.63, 3.8) is 0 Å². The molecule has 3 aromatic carbocycles. The van der Waals surface area contributed by atoms with E-state index in [4.69, 9.17) is 4.74 Å². The lowest BCUT2D eigenvalue weighted by atomic mass is 10.1. The molecule has 0 saturated heterocycles. The molecule has 4 rings (SSSR count). The summed E-state index contributed by atoms with van der Waals surface area (Å²) in [4.78, 5) is 24.0. The first-order valence-electron chi connectivity index (χ1n) is 10.3. The number of ketones is 1. The van der Waals surface area contributed by atoms with Gasteiger partial charge in [-0.15, -0.1) is 10.2 Å². The number of Topliss-reactive ketones (excluding diaryl/α,β-unsaturated/α-hetero) is 1. The zero-order valence-electron chi connectivity index (χ0n) is 18.5. The van der Waals surface area contributed by atoms with Crippen LogP contribution in [0.3, 0.4) is 0 Å². The molecule has 7 nitrogen and oxygen atoms in total. The summed E-state index contributed by atoms with van der Waals surface area (Å²) in [6, 6.07) is 22.1. The van der Waals surface area contributed by atoms with Crippen LogP contribution in [0.15, 0.2) is 82.4 Å². The molecule has 1 amide bonds. The number of carbonyl (C=O) groups excluding carboxylic acids is 2. The molecule has 0 bridgehead atoms. The number of ether oxygens (including phenoxy) is 1. The van der Waals surface area contributed by atoms with Gasteiger partial charge < -0.3 is 10.1 Å². The molecule has 0 aliphatic heterocycles. The van der Waals surface area contributed by atoms with Gasteiger partial charge in [-0.25, -0.2) is 0 Å². The molecule has 9 heteroatoms. The minimum absolute atomic E-state index is 0.0212. The molecule has 0 spiro atoms. The number of thioether (sulfide) groups is 1. The normalized spacial score (nSPS) is 10.7. The standard InChI is InChI=1S/C25H21BrN4O3S/c1-16(31)17-7-9-18(10-8-17)27-23(32)15-34-25-29-28-24(21-5-3-4-6-22(21)26)30(25)19-11-13-20(33-2)14-12-19/h3-14H,15H2,1-2H3,(H,27,32). The second-order valence-electron chi connectivity index (χ2n) is 7.29. The predicted octanol–water partition coefficient (Wildman–Crippen LogP) is 5.64. The molecule has 1 N–H and O–H groups in total. The average Bonchev–Trinajstić information content (AvgIpc) is 3.27. The third kappa shape index (κ3) is 5.37. The van der Waals surface area contributed by atoms with E-state index in [1.807, 2.05) is 53.1 Å². The van der Waals surface area contributed by atoms with Crippen LogP contribution >= 0.6 is 27.7 Å². The summed E-state index contributed by atoms with van der Waals surface area (Å²) < 4.78 is 8.09. The van der Waals surface area contributed by atoms with E-state index in [0.29, 0.717) is 22.2 Å². The van der Waals surface area contributed by atoms with E-state index in [0.717, 1.165) is 21.5 Å². The highest BCUT2D eigenvalue weighted by atomic mass is 79.9. The monoisotopic (exact) mass is 536 g/mol. The van der Waals surface area contributed by atoms with Gasteiger partial charge in [0, 0.05) is 27.0 Å². The smallest absolute Gasteiger partial charge is 0.234 e. The van der Waals surface area contributed by atoms with Gasteiger partial charge >= 0.3 is 0 Å². The first kappa shape index (κ1) is 23.7.